The summed E-state index contributed by atoms with van der Waals surface area (Å²) in [5.74, 6) is -9.04. The van der Waals surface area contributed by atoms with E-state index in [-0.39, 0.29) is 91.0 Å². The number of hydrogen-bond acceptors (Lipinski definition) is 19. The zero-order valence-corrected chi connectivity index (χ0v) is 39.9. The molecule has 8 amide bonds. The van der Waals surface area contributed by atoms with Gasteiger partial charge in [-0.2, -0.15) is 0 Å². The summed E-state index contributed by atoms with van der Waals surface area (Å²) in [6, 6.07) is -0.623. The molecular formula is C45H45N13O13S. The minimum atomic E-state index is -1.97. The first kappa shape index (κ1) is 52.2. The van der Waals surface area contributed by atoms with Crippen LogP contribution in [-0.2, 0) is 19.2 Å². The molecule has 0 aliphatic carbocycles. The van der Waals surface area contributed by atoms with Crippen LogP contribution in [0.3, 0.4) is 0 Å². The van der Waals surface area contributed by atoms with Crippen molar-refractivity contribution in [3.05, 3.63) is 120 Å². The smallest absolute Gasteiger partial charge is 0.278 e. The third-order valence-corrected chi connectivity index (χ3v) is 11.0. The van der Waals surface area contributed by atoms with Gasteiger partial charge in [0.1, 0.15) is 57.7 Å². The first-order chi connectivity index (χ1) is 33.8. The Bertz CT molecular complexity index is 3180. The molecule has 8 bridgehead atoms. The van der Waals surface area contributed by atoms with E-state index in [1.807, 2.05) is 0 Å². The lowest BCUT2D eigenvalue weighted by Crippen LogP contribution is -2.58. The van der Waals surface area contributed by atoms with Crippen LogP contribution in [0.1, 0.15) is 98.8 Å². The Morgan fingerprint density at radius 2 is 1.31 bits per heavy atom. The molecule has 72 heavy (non-hydrogen) atoms. The maximum absolute atomic E-state index is 13.6. The maximum Gasteiger partial charge on any atom is 0.278 e. The zero-order valence-electron chi connectivity index (χ0n) is 39.1. The largest absolute Gasteiger partial charge is 0.443 e. The van der Waals surface area contributed by atoms with Crippen LogP contribution in [-0.4, -0.2) is 106 Å². The first-order valence-electron chi connectivity index (χ1n) is 21.0. The predicted molar refractivity (Wildman–Crippen MR) is 252 cm³/mol. The molecule has 11 N–H and O–H groups in total. The summed E-state index contributed by atoms with van der Waals surface area (Å²) in [6.45, 7) is 22.4. The minimum absolute atomic E-state index is 0.00889. The Kier molecular flexibility index (Phi) is 15.1. The molecule has 6 heterocycles. The number of fused-ring (bicyclic) bond motifs is 11. The number of thiazole rings is 1. The number of rotatable bonds is 3. The van der Waals surface area contributed by atoms with Gasteiger partial charge in [0.15, 0.2) is 11.4 Å². The normalized spacial score (nSPS) is 18.3. The molecule has 3 atom stereocenters. The van der Waals surface area contributed by atoms with Gasteiger partial charge in [-0.05, 0) is 53.7 Å². The third kappa shape index (κ3) is 11.4. The van der Waals surface area contributed by atoms with Crippen molar-refractivity contribution >= 4 is 75.7 Å². The van der Waals surface area contributed by atoms with Crippen molar-refractivity contribution in [2.75, 3.05) is 0 Å². The second kappa shape index (κ2) is 20.8. The van der Waals surface area contributed by atoms with Crippen molar-refractivity contribution in [2.24, 2.45) is 5.73 Å². The van der Waals surface area contributed by atoms with Gasteiger partial charge in [0, 0.05) is 10.9 Å². The number of carbonyl (C=O) groups excluding carboxylic acids is 8. The van der Waals surface area contributed by atoms with E-state index in [1.54, 1.807) is 0 Å². The molecule has 0 unspecified atom stereocenters. The molecule has 5 aromatic heterocycles. The molecule has 0 saturated carbocycles. The average Bonchev–Trinajstić information content (AvgIpc) is 4.15. The molecule has 0 saturated heterocycles. The number of carbonyl (C=O) groups is 8. The highest BCUT2D eigenvalue weighted by atomic mass is 32.1. The second-order valence-electron chi connectivity index (χ2n) is 16.1. The number of nitrogens with zero attached hydrogens (tertiary/aromatic N) is 5. The highest BCUT2D eigenvalue weighted by Gasteiger charge is 2.37. The van der Waals surface area contributed by atoms with Gasteiger partial charge in [-0.15, -0.1) is 11.3 Å². The van der Waals surface area contributed by atoms with Gasteiger partial charge in [0.2, 0.25) is 29.5 Å². The summed E-state index contributed by atoms with van der Waals surface area (Å²) in [4.78, 5) is 128. The van der Waals surface area contributed by atoms with Crippen LogP contribution in [0, 0.1) is 13.8 Å². The van der Waals surface area contributed by atoms with Gasteiger partial charge in [-0.3, -0.25) is 38.4 Å². The van der Waals surface area contributed by atoms with Crippen LogP contribution in [0.15, 0.2) is 80.8 Å². The van der Waals surface area contributed by atoms with Crippen LogP contribution in [0.25, 0.3) is 39.1 Å². The third-order valence-electron chi connectivity index (χ3n) is 10.1. The lowest BCUT2D eigenvalue weighted by molar-refractivity contribution is -0.132. The van der Waals surface area contributed by atoms with Crippen molar-refractivity contribution in [1.29, 1.82) is 0 Å². The van der Waals surface area contributed by atoms with E-state index in [2.05, 4.69) is 88.5 Å². The molecular weight excluding hydrogens is 963 g/mol. The van der Waals surface area contributed by atoms with Gasteiger partial charge in [0.05, 0.1) is 40.2 Å². The molecule has 6 rings (SSSR count). The highest BCUT2D eigenvalue weighted by Crippen LogP contribution is 2.33. The molecule has 27 heteroatoms. The lowest BCUT2D eigenvalue weighted by Gasteiger charge is -2.29. The highest BCUT2D eigenvalue weighted by molar-refractivity contribution is 7.13. The fraction of sp³-hybridized carbons (Fsp3) is 0.222. The molecule has 5 aromatic rings. The number of primary amides is 1. The van der Waals surface area contributed by atoms with Crippen molar-refractivity contribution in [3.63, 3.8) is 0 Å². The second-order valence-corrected chi connectivity index (χ2v) is 16.9. The Morgan fingerprint density at radius 1 is 0.722 bits per heavy atom. The SMILES string of the molecule is C=C1NC(=O)c2nc(oc2C)C(=C)NC(=O)[C@H](C(C)(C)O)NC(=O)C(=C)NC(=O)c2nc(oc2C)C(=CC)NC(=O)[C@H]([C@@H](C)O)NC(=O)c2csc(n2)-c2ccc(C(N)=O)nc2-c2coc(n2)C(=C)NC1=O. The fourth-order valence-corrected chi connectivity index (χ4v) is 7.18. The fourth-order valence-electron chi connectivity index (χ4n) is 6.35. The molecule has 0 fully saturated rings. The summed E-state index contributed by atoms with van der Waals surface area (Å²) >= 11 is 0.959. The molecule has 1 aliphatic heterocycles. The predicted octanol–water partition coefficient (Wildman–Crippen LogP) is 0.839. The zero-order chi connectivity index (χ0) is 53.1. The number of aliphatic hydroxyl groups is 2. The van der Waals surface area contributed by atoms with Gasteiger partial charge >= 0.3 is 0 Å². The molecule has 0 spiro atoms. The number of hydrogen-bond donors (Lipinski definition) is 10. The van der Waals surface area contributed by atoms with Crippen molar-refractivity contribution in [2.45, 2.75) is 65.3 Å². The Morgan fingerprint density at radius 3 is 1.90 bits per heavy atom. The van der Waals surface area contributed by atoms with Crippen molar-refractivity contribution in [3.8, 4) is 22.0 Å². The number of amides is 8. The molecule has 26 nitrogen and oxygen atoms in total. The number of oxazole rings is 3. The van der Waals surface area contributed by atoms with Gasteiger partial charge in [-0.1, -0.05) is 32.4 Å². The quantitative estimate of drug-likeness (QED) is 0.112. The minimum Gasteiger partial charge on any atom is -0.443 e. The summed E-state index contributed by atoms with van der Waals surface area (Å²) in [5, 5.41) is 39.5. The number of aryl methyl sites for hydroxylation is 2. The van der Waals surface area contributed by atoms with Crippen LogP contribution in [0.4, 0.5) is 0 Å². The first-order valence-corrected chi connectivity index (χ1v) is 21.8. The van der Waals surface area contributed by atoms with E-state index in [4.69, 9.17) is 19.0 Å². The van der Waals surface area contributed by atoms with Gasteiger partial charge in [-0.25, -0.2) is 24.9 Å². The molecule has 0 radical (unpaired) electrons. The Labute approximate surface area is 411 Å². The van der Waals surface area contributed by atoms with E-state index in [0.717, 1.165) is 17.6 Å². The maximum atomic E-state index is 13.6. The van der Waals surface area contributed by atoms with Crippen molar-refractivity contribution < 1.29 is 61.8 Å². The number of nitrogens with two attached hydrogens (primary N) is 1. The monoisotopic (exact) mass is 1010 g/mol. The van der Waals surface area contributed by atoms with Gasteiger partial charge in [0.25, 0.3) is 35.4 Å². The summed E-state index contributed by atoms with van der Waals surface area (Å²) < 4.78 is 16.8. The standard InChI is InChI=1S/C45H45N13O13S/c1-11-24-43-57-30(22(8)71-43)39(66)48-17(3)35(62)58-32(45(9,10)68)40(67)50-19(5)42-56-29(21(7)70-42)38(65)47-16(2)34(61)49-18(4)41-53-26(14-69-41)31-23(12-13-25(51-31)33(46)60)44-54-27(15-72-44)36(63)55-28(20(6)59)37(64)52-24/h11-15,20,28,32,59,68H,2-5H2,1,6-10H3,(H2,46,60)(H,47,65)(H,48,66)(H,49,61)(H,50,67)(H,52,64)(H,55,63)(H,58,62)/t20-,28+,32-/m1/s1. The lowest BCUT2D eigenvalue weighted by atomic mass is 9.97. The van der Waals surface area contributed by atoms with Crippen LogP contribution >= 0.6 is 11.3 Å². The van der Waals surface area contributed by atoms with E-state index in [0.29, 0.717) is 0 Å². The number of aliphatic hydroxyl groups excluding tert-OH is 1. The molecule has 1 aliphatic rings. The van der Waals surface area contributed by atoms with Crippen molar-refractivity contribution in [1.82, 2.24) is 62.1 Å². The number of pyridine rings is 1. The number of aromatic nitrogens is 5. The summed E-state index contributed by atoms with van der Waals surface area (Å²) in [7, 11) is 0. The topological polar surface area (TPSA) is 391 Å². The van der Waals surface area contributed by atoms with Gasteiger partial charge < -0.3 is 66.4 Å². The average molecular weight is 1010 g/mol. The number of nitrogens with one attached hydrogen (secondary N) is 7. The van der Waals surface area contributed by atoms with Crippen LogP contribution in [0.5, 0.6) is 0 Å². The van der Waals surface area contributed by atoms with Crippen LogP contribution < -0.4 is 43.0 Å². The van der Waals surface area contributed by atoms with E-state index in [1.165, 1.54) is 65.1 Å². The van der Waals surface area contributed by atoms with E-state index >= 15 is 0 Å². The van der Waals surface area contributed by atoms with E-state index in [9.17, 15) is 48.6 Å². The number of allylic oxidation sites excluding steroid dienone is 1. The summed E-state index contributed by atoms with van der Waals surface area (Å²) in [5.41, 5.74) is 0.852. The Balaban J connectivity index is 1.34. The van der Waals surface area contributed by atoms with Crippen LogP contribution in [0.2, 0.25) is 0 Å². The summed E-state index contributed by atoms with van der Waals surface area (Å²) in [6.07, 6.45) is 0.981. The van der Waals surface area contributed by atoms with E-state index < -0.39 is 82.4 Å². The molecule has 374 valence electrons. The molecule has 0 aromatic carbocycles. The Hall–Kier alpha value is -9.21.